The van der Waals surface area contributed by atoms with Crippen molar-refractivity contribution in [3.63, 3.8) is 0 Å². The van der Waals surface area contributed by atoms with Crippen molar-refractivity contribution < 1.29 is 0 Å². The predicted octanol–water partition coefficient (Wildman–Crippen LogP) is 2.32. The first kappa shape index (κ1) is 13.7. The van der Waals surface area contributed by atoms with Crippen molar-refractivity contribution in [1.29, 1.82) is 0 Å². The lowest BCUT2D eigenvalue weighted by Crippen LogP contribution is -2.15. The average Bonchev–Trinajstić information content (AvgIpc) is 2.90. The molecule has 0 saturated heterocycles. The summed E-state index contributed by atoms with van der Waals surface area (Å²) in [5.41, 5.74) is 2.07. The van der Waals surface area contributed by atoms with Gasteiger partial charge in [0, 0.05) is 25.5 Å². The van der Waals surface area contributed by atoms with E-state index in [0.717, 1.165) is 37.3 Å². The highest BCUT2D eigenvalue weighted by molar-refractivity contribution is 5.01. The highest BCUT2D eigenvalue weighted by Gasteiger charge is 2.07. The van der Waals surface area contributed by atoms with E-state index in [-0.39, 0.29) is 0 Å². The average molecular weight is 259 g/mol. The molecule has 19 heavy (non-hydrogen) atoms. The summed E-state index contributed by atoms with van der Waals surface area (Å²) < 4.78 is 2.07. The van der Waals surface area contributed by atoms with Crippen LogP contribution in [0.4, 0.5) is 0 Å². The Balaban J connectivity index is 1.83. The molecule has 2 aromatic heterocycles. The molecule has 5 heteroatoms. The topological polar surface area (TPSA) is 55.6 Å². The summed E-state index contributed by atoms with van der Waals surface area (Å²) in [5, 5.41) is 7.94. The molecule has 0 amide bonds. The number of nitrogens with zero attached hydrogens (tertiary/aromatic N) is 4. The molecule has 0 aliphatic carbocycles. The van der Waals surface area contributed by atoms with Gasteiger partial charge in [-0.2, -0.15) is 5.10 Å². The normalized spacial score (nSPS) is 11.1. The van der Waals surface area contributed by atoms with Crippen LogP contribution in [0.1, 0.15) is 44.1 Å². The van der Waals surface area contributed by atoms with Crippen molar-refractivity contribution in [3.05, 3.63) is 42.2 Å². The van der Waals surface area contributed by atoms with Gasteiger partial charge in [-0.15, -0.1) is 0 Å². The highest BCUT2D eigenvalue weighted by atomic mass is 15.3. The fraction of sp³-hybridized carbons (Fsp3) is 0.500. The number of hydrogen-bond donors (Lipinski definition) is 1. The molecule has 0 spiro atoms. The lowest BCUT2D eigenvalue weighted by atomic mass is 10.2. The van der Waals surface area contributed by atoms with Gasteiger partial charge < -0.3 is 5.32 Å². The largest absolute Gasteiger partial charge is 0.305 e. The van der Waals surface area contributed by atoms with Gasteiger partial charge in [-0.25, -0.2) is 9.97 Å². The van der Waals surface area contributed by atoms with Crippen LogP contribution in [0.3, 0.4) is 0 Å². The van der Waals surface area contributed by atoms with Gasteiger partial charge in [0.05, 0.1) is 17.4 Å². The van der Waals surface area contributed by atoms with E-state index < -0.39 is 0 Å². The molecule has 0 saturated carbocycles. The molecule has 0 unspecified atom stereocenters. The van der Waals surface area contributed by atoms with Crippen molar-refractivity contribution in [3.8, 4) is 0 Å². The standard InChI is InChI=1S/C14H21N5/c1-3-14(4-2)19-8-6-13(18-19)10-16-9-12-5-7-15-11-17-12/h5-8,11,14,16H,3-4,9-10H2,1-2H3. The van der Waals surface area contributed by atoms with Crippen LogP contribution in [0.2, 0.25) is 0 Å². The van der Waals surface area contributed by atoms with Gasteiger partial charge in [-0.05, 0) is 25.0 Å². The Bertz CT molecular complexity index is 476. The summed E-state index contributed by atoms with van der Waals surface area (Å²) in [5.74, 6) is 0. The van der Waals surface area contributed by atoms with Gasteiger partial charge in [0.1, 0.15) is 6.33 Å². The summed E-state index contributed by atoms with van der Waals surface area (Å²) in [6.07, 6.45) is 7.63. The number of rotatable bonds is 7. The smallest absolute Gasteiger partial charge is 0.115 e. The van der Waals surface area contributed by atoms with Crippen LogP contribution in [0.15, 0.2) is 30.9 Å². The molecule has 0 aliphatic rings. The maximum absolute atomic E-state index is 4.60. The third-order valence-corrected chi connectivity index (χ3v) is 3.24. The fourth-order valence-corrected chi connectivity index (χ4v) is 2.08. The van der Waals surface area contributed by atoms with Crippen LogP contribution in [-0.4, -0.2) is 19.7 Å². The predicted molar refractivity (Wildman–Crippen MR) is 74.4 cm³/mol. The van der Waals surface area contributed by atoms with Gasteiger partial charge in [0.25, 0.3) is 0 Å². The van der Waals surface area contributed by atoms with E-state index in [0.29, 0.717) is 6.04 Å². The molecule has 0 aromatic carbocycles. The summed E-state index contributed by atoms with van der Waals surface area (Å²) in [7, 11) is 0. The van der Waals surface area contributed by atoms with E-state index in [4.69, 9.17) is 0 Å². The Labute approximate surface area is 114 Å². The molecule has 2 rings (SSSR count). The fourth-order valence-electron chi connectivity index (χ4n) is 2.08. The Morgan fingerprint density at radius 3 is 2.63 bits per heavy atom. The summed E-state index contributed by atoms with van der Waals surface area (Å²) in [4.78, 5) is 8.07. The molecular formula is C14H21N5. The zero-order valence-electron chi connectivity index (χ0n) is 11.6. The summed E-state index contributed by atoms with van der Waals surface area (Å²) in [6.45, 7) is 5.89. The third kappa shape index (κ3) is 3.86. The molecule has 5 nitrogen and oxygen atoms in total. The van der Waals surface area contributed by atoms with Gasteiger partial charge in [0.15, 0.2) is 0 Å². The van der Waals surface area contributed by atoms with Crippen molar-refractivity contribution in [1.82, 2.24) is 25.1 Å². The van der Waals surface area contributed by atoms with E-state index in [1.807, 2.05) is 6.07 Å². The Morgan fingerprint density at radius 2 is 1.95 bits per heavy atom. The molecule has 0 atom stereocenters. The van der Waals surface area contributed by atoms with Crippen molar-refractivity contribution >= 4 is 0 Å². The van der Waals surface area contributed by atoms with Crippen molar-refractivity contribution in [2.45, 2.75) is 45.8 Å². The van der Waals surface area contributed by atoms with Crippen LogP contribution < -0.4 is 5.32 Å². The Hall–Kier alpha value is -1.75. The molecule has 102 valence electrons. The zero-order chi connectivity index (χ0) is 13.5. The number of nitrogens with one attached hydrogen (secondary N) is 1. The molecular weight excluding hydrogens is 238 g/mol. The Morgan fingerprint density at radius 1 is 1.16 bits per heavy atom. The van der Waals surface area contributed by atoms with E-state index >= 15 is 0 Å². The highest BCUT2D eigenvalue weighted by Crippen LogP contribution is 2.14. The first-order chi connectivity index (χ1) is 9.33. The number of aromatic nitrogens is 4. The monoisotopic (exact) mass is 259 g/mol. The van der Waals surface area contributed by atoms with Gasteiger partial charge in [-0.1, -0.05) is 13.8 Å². The molecule has 1 N–H and O–H groups in total. The quantitative estimate of drug-likeness (QED) is 0.829. The first-order valence-electron chi connectivity index (χ1n) is 6.83. The zero-order valence-corrected chi connectivity index (χ0v) is 11.6. The SMILES string of the molecule is CCC(CC)n1ccc(CNCc2ccncn2)n1. The molecule has 2 aromatic rings. The van der Waals surface area contributed by atoms with Crippen LogP contribution in [0.5, 0.6) is 0 Å². The van der Waals surface area contributed by atoms with E-state index in [1.165, 1.54) is 0 Å². The van der Waals surface area contributed by atoms with E-state index in [9.17, 15) is 0 Å². The third-order valence-electron chi connectivity index (χ3n) is 3.24. The van der Waals surface area contributed by atoms with E-state index in [1.54, 1.807) is 12.5 Å². The summed E-state index contributed by atoms with van der Waals surface area (Å²) >= 11 is 0. The van der Waals surface area contributed by atoms with Crippen LogP contribution in [-0.2, 0) is 13.1 Å². The molecule has 0 aliphatic heterocycles. The first-order valence-corrected chi connectivity index (χ1v) is 6.83. The Kier molecular flexibility index (Phi) is 5.03. The molecule has 0 fully saturated rings. The molecule has 2 heterocycles. The second-order valence-corrected chi connectivity index (χ2v) is 4.56. The van der Waals surface area contributed by atoms with Crippen molar-refractivity contribution in [2.75, 3.05) is 0 Å². The minimum absolute atomic E-state index is 0.510. The minimum Gasteiger partial charge on any atom is -0.305 e. The van der Waals surface area contributed by atoms with E-state index in [2.05, 4.69) is 51.2 Å². The molecule has 0 radical (unpaired) electrons. The van der Waals surface area contributed by atoms with Gasteiger partial charge in [0.2, 0.25) is 0 Å². The number of hydrogen-bond acceptors (Lipinski definition) is 4. The van der Waals surface area contributed by atoms with Crippen LogP contribution in [0.25, 0.3) is 0 Å². The lowest BCUT2D eigenvalue weighted by molar-refractivity contribution is 0.424. The van der Waals surface area contributed by atoms with Crippen LogP contribution in [0, 0.1) is 0 Å². The van der Waals surface area contributed by atoms with Crippen molar-refractivity contribution in [2.24, 2.45) is 0 Å². The van der Waals surface area contributed by atoms with Gasteiger partial charge >= 0.3 is 0 Å². The second kappa shape index (κ2) is 6.99. The maximum Gasteiger partial charge on any atom is 0.115 e. The summed E-state index contributed by atoms with van der Waals surface area (Å²) in [6, 6.07) is 4.50. The lowest BCUT2D eigenvalue weighted by Gasteiger charge is -2.12. The second-order valence-electron chi connectivity index (χ2n) is 4.56. The molecule has 0 bridgehead atoms. The van der Waals surface area contributed by atoms with Gasteiger partial charge in [-0.3, -0.25) is 4.68 Å². The van der Waals surface area contributed by atoms with Crippen LogP contribution >= 0.6 is 0 Å². The minimum atomic E-state index is 0.510. The maximum atomic E-state index is 4.60.